The minimum Gasteiger partial charge on any atom is -0.504 e. The number of rotatable bonds is 3. The average Bonchev–Trinajstić information content (AvgIpc) is 2.14. The van der Waals surface area contributed by atoms with Gasteiger partial charge in [0, 0.05) is 16.7 Å². The Morgan fingerprint density at radius 1 is 1.53 bits per heavy atom. The molecule has 1 N–H and O–H groups in total. The molecule has 0 unspecified atom stereocenters. The van der Waals surface area contributed by atoms with Gasteiger partial charge in [-0.15, -0.1) is 0 Å². The zero-order valence-corrected chi connectivity index (χ0v) is 9.24. The average molecular weight is 289 g/mol. The molecule has 0 fully saturated rings. The van der Waals surface area contributed by atoms with E-state index >= 15 is 0 Å². The first-order valence-electron chi connectivity index (χ1n) is 3.75. The Hall–Kier alpha value is -1.55. The van der Waals surface area contributed by atoms with Crippen LogP contribution in [0.3, 0.4) is 0 Å². The second-order valence-electron chi connectivity index (χ2n) is 2.71. The van der Waals surface area contributed by atoms with E-state index in [4.69, 9.17) is 15.8 Å². The van der Waals surface area contributed by atoms with Crippen molar-refractivity contribution in [1.82, 2.24) is 4.98 Å². The quantitative estimate of drug-likeness (QED) is 0.513. The summed E-state index contributed by atoms with van der Waals surface area (Å²) >= 11 is 0. The van der Waals surface area contributed by atoms with Gasteiger partial charge in [-0.2, -0.15) is 0 Å². The summed E-state index contributed by atoms with van der Waals surface area (Å²) in [4.78, 5) is 10.8. The fourth-order valence-corrected chi connectivity index (χ4v) is 1.89. The van der Waals surface area contributed by atoms with Crippen LogP contribution in [0.5, 0.6) is 5.75 Å². The van der Waals surface area contributed by atoms with Gasteiger partial charge in [0.1, 0.15) is 0 Å². The van der Waals surface area contributed by atoms with Crippen LogP contribution < -0.4 is 0 Å². The van der Waals surface area contributed by atoms with Crippen molar-refractivity contribution in [1.29, 1.82) is 0 Å². The van der Waals surface area contributed by atoms with Crippen molar-refractivity contribution in [3.8, 4) is 5.75 Å². The van der Waals surface area contributed by atoms with E-state index in [1.807, 2.05) is 0 Å². The predicted molar refractivity (Wildman–Crippen MR) is 50.6 cm³/mol. The standard InChI is InChI=1S/C6H3ClF2N2O5S/c7-17(15,16)3-1-2(12)4(5(8)9)10-6(3)11(13)14/h1,5,12H. The molecule has 11 heteroatoms. The molecule has 0 atom stereocenters. The van der Waals surface area contributed by atoms with Gasteiger partial charge in [0.25, 0.3) is 14.7 Å². The summed E-state index contributed by atoms with van der Waals surface area (Å²) in [5.74, 6) is -2.56. The summed E-state index contributed by atoms with van der Waals surface area (Å²) in [6.07, 6.45) is -3.29. The highest BCUT2D eigenvalue weighted by molar-refractivity contribution is 8.13. The number of hydrogen-bond acceptors (Lipinski definition) is 6. The highest BCUT2D eigenvalue weighted by Crippen LogP contribution is 2.34. The van der Waals surface area contributed by atoms with Crippen molar-refractivity contribution in [2.75, 3.05) is 0 Å². The predicted octanol–water partition coefficient (Wildman–Crippen LogP) is 1.56. The van der Waals surface area contributed by atoms with Gasteiger partial charge in [-0.05, 0) is 9.91 Å². The van der Waals surface area contributed by atoms with Crippen LogP contribution in [0, 0.1) is 10.1 Å². The van der Waals surface area contributed by atoms with Crippen LogP contribution in [-0.4, -0.2) is 23.4 Å². The summed E-state index contributed by atoms with van der Waals surface area (Å²) < 4.78 is 46.4. The first-order valence-corrected chi connectivity index (χ1v) is 6.06. The van der Waals surface area contributed by atoms with Crippen molar-refractivity contribution in [3.63, 3.8) is 0 Å². The minimum atomic E-state index is -4.58. The van der Waals surface area contributed by atoms with Gasteiger partial charge in [0.15, 0.2) is 10.6 Å². The highest BCUT2D eigenvalue weighted by Gasteiger charge is 2.32. The minimum absolute atomic E-state index is 0.259. The number of hydrogen-bond donors (Lipinski definition) is 1. The molecule has 1 heterocycles. The number of aromatic nitrogens is 1. The lowest BCUT2D eigenvalue weighted by Gasteiger charge is -2.02. The number of nitro groups is 1. The van der Waals surface area contributed by atoms with Gasteiger partial charge >= 0.3 is 12.2 Å². The van der Waals surface area contributed by atoms with E-state index in [2.05, 4.69) is 4.98 Å². The van der Waals surface area contributed by atoms with Crippen LogP contribution in [0.15, 0.2) is 11.0 Å². The van der Waals surface area contributed by atoms with Gasteiger partial charge in [0.05, 0.1) is 0 Å². The van der Waals surface area contributed by atoms with Crippen molar-refractivity contribution in [2.24, 2.45) is 0 Å². The van der Waals surface area contributed by atoms with Gasteiger partial charge in [-0.1, -0.05) is 0 Å². The molecule has 0 aliphatic heterocycles. The fraction of sp³-hybridized carbons (Fsp3) is 0.167. The Morgan fingerprint density at radius 2 is 2.06 bits per heavy atom. The fourth-order valence-electron chi connectivity index (χ4n) is 0.960. The van der Waals surface area contributed by atoms with Crippen LogP contribution >= 0.6 is 10.7 Å². The molecule has 0 radical (unpaired) electrons. The van der Waals surface area contributed by atoms with Crippen LogP contribution in [0.25, 0.3) is 0 Å². The van der Waals surface area contributed by atoms with E-state index in [1.54, 1.807) is 0 Å². The zero-order chi connectivity index (χ0) is 13.4. The lowest BCUT2D eigenvalue weighted by Crippen LogP contribution is -2.04. The number of aromatic hydroxyl groups is 1. The Bertz CT molecular complexity index is 576. The molecule has 1 aromatic heterocycles. The van der Waals surface area contributed by atoms with Crippen LogP contribution in [0.4, 0.5) is 14.6 Å². The SMILES string of the molecule is O=[N+]([O-])c1nc(C(F)F)c(O)cc1S(=O)(=O)Cl. The first kappa shape index (κ1) is 13.5. The van der Waals surface area contributed by atoms with Gasteiger partial charge in [0.2, 0.25) is 0 Å². The maximum atomic E-state index is 12.3. The molecular formula is C6H3ClF2N2O5S. The van der Waals surface area contributed by atoms with E-state index in [1.165, 1.54) is 0 Å². The molecule has 0 aliphatic carbocycles. The van der Waals surface area contributed by atoms with Crippen LogP contribution in [0.2, 0.25) is 0 Å². The lowest BCUT2D eigenvalue weighted by molar-refractivity contribution is -0.392. The van der Waals surface area contributed by atoms with E-state index in [0.29, 0.717) is 0 Å². The van der Waals surface area contributed by atoms with E-state index in [-0.39, 0.29) is 6.07 Å². The molecular weight excluding hydrogens is 286 g/mol. The molecule has 0 spiro atoms. The second kappa shape index (κ2) is 4.37. The number of nitrogens with zero attached hydrogens (tertiary/aromatic N) is 2. The smallest absolute Gasteiger partial charge is 0.384 e. The summed E-state index contributed by atoms with van der Waals surface area (Å²) in [7, 11) is 0.261. The normalized spacial score (nSPS) is 11.8. The molecule has 0 aliphatic rings. The number of pyridine rings is 1. The van der Waals surface area contributed by atoms with Crippen molar-refractivity contribution in [2.45, 2.75) is 11.3 Å². The molecule has 94 valence electrons. The van der Waals surface area contributed by atoms with Gasteiger partial charge in [-0.25, -0.2) is 17.2 Å². The largest absolute Gasteiger partial charge is 0.504 e. The van der Waals surface area contributed by atoms with Gasteiger partial charge < -0.3 is 15.2 Å². The molecule has 1 aromatic rings. The van der Waals surface area contributed by atoms with Crippen molar-refractivity contribution >= 4 is 25.6 Å². The summed E-state index contributed by atoms with van der Waals surface area (Å²) in [5.41, 5.74) is -1.29. The van der Waals surface area contributed by atoms with E-state index < -0.39 is 42.6 Å². The molecule has 0 saturated heterocycles. The van der Waals surface area contributed by atoms with E-state index in [0.717, 1.165) is 0 Å². The first-order chi connectivity index (χ1) is 7.64. The second-order valence-corrected chi connectivity index (χ2v) is 5.24. The Kier molecular flexibility index (Phi) is 3.48. The zero-order valence-electron chi connectivity index (χ0n) is 7.67. The molecule has 0 amide bonds. The third-order valence-electron chi connectivity index (χ3n) is 1.62. The third kappa shape index (κ3) is 2.77. The Labute approximate surface area is 97.2 Å². The lowest BCUT2D eigenvalue weighted by atomic mass is 10.3. The molecule has 0 bridgehead atoms. The van der Waals surface area contributed by atoms with Crippen molar-refractivity contribution in [3.05, 3.63) is 21.9 Å². The van der Waals surface area contributed by atoms with Crippen LogP contribution in [0.1, 0.15) is 12.1 Å². The van der Waals surface area contributed by atoms with Crippen LogP contribution in [-0.2, 0) is 9.05 Å². The Balaban J connectivity index is 3.65. The summed E-state index contributed by atoms with van der Waals surface area (Å²) in [6, 6.07) is 0.259. The monoisotopic (exact) mass is 288 g/mol. The Morgan fingerprint density at radius 3 is 2.41 bits per heavy atom. The van der Waals surface area contributed by atoms with E-state index in [9.17, 15) is 27.3 Å². The molecule has 1 rings (SSSR count). The maximum Gasteiger partial charge on any atom is 0.384 e. The van der Waals surface area contributed by atoms with Crippen molar-refractivity contribution < 1.29 is 27.2 Å². The topological polar surface area (TPSA) is 110 Å². The molecule has 0 aromatic carbocycles. The third-order valence-corrected chi connectivity index (χ3v) is 2.94. The number of halogens is 3. The summed E-state index contributed by atoms with van der Waals surface area (Å²) in [5, 5.41) is 19.5. The summed E-state index contributed by atoms with van der Waals surface area (Å²) in [6.45, 7) is 0. The molecule has 7 nitrogen and oxygen atoms in total. The molecule has 0 saturated carbocycles. The molecule has 17 heavy (non-hydrogen) atoms. The highest BCUT2D eigenvalue weighted by atomic mass is 35.7. The van der Waals surface area contributed by atoms with Gasteiger partial charge in [-0.3, -0.25) is 0 Å². The maximum absolute atomic E-state index is 12.3. The number of alkyl halides is 2.